The summed E-state index contributed by atoms with van der Waals surface area (Å²) in [5.41, 5.74) is 0.976. The standard InChI is InChI=1S/C13H18FNO2S/c1-2-18(16,17)15-8-6-11(7-9-15)12-4-3-5-13(14)10-12/h3-5,10-11H,2,6-9H2,1H3. The SMILES string of the molecule is CCS(=O)(=O)N1CCC(c2cccc(F)c2)CC1. The molecule has 0 radical (unpaired) electrons. The molecule has 1 heterocycles. The molecule has 0 saturated carbocycles. The molecule has 0 aliphatic carbocycles. The van der Waals surface area contributed by atoms with Crippen molar-refractivity contribution in [3.05, 3.63) is 35.6 Å². The molecule has 1 aliphatic rings. The van der Waals surface area contributed by atoms with Crippen LogP contribution in [0.3, 0.4) is 0 Å². The number of piperidine rings is 1. The quantitative estimate of drug-likeness (QED) is 0.846. The molecular weight excluding hydrogens is 253 g/mol. The number of rotatable bonds is 3. The van der Waals surface area contributed by atoms with Crippen LogP contribution >= 0.6 is 0 Å². The summed E-state index contributed by atoms with van der Waals surface area (Å²) in [7, 11) is -3.08. The van der Waals surface area contributed by atoms with Gasteiger partial charge in [-0.25, -0.2) is 17.1 Å². The van der Waals surface area contributed by atoms with Gasteiger partial charge in [0.2, 0.25) is 10.0 Å². The van der Waals surface area contributed by atoms with E-state index in [1.54, 1.807) is 23.4 Å². The predicted octanol–water partition coefficient (Wildman–Crippen LogP) is 2.35. The van der Waals surface area contributed by atoms with Crippen LogP contribution in [-0.2, 0) is 10.0 Å². The number of sulfonamides is 1. The van der Waals surface area contributed by atoms with Crippen molar-refractivity contribution in [2.75, 3.05) is 18.8 Å². The van der Waals surface area contributed by atoms with E-state index < -0.39 is 10.0 Å². The van der Waals surface area contributed by atoms with Crippen molar-refractivity contribution < 1.29 is 12.8 Å². The van der Waals surface area contributed by atoms with Crippen LogP contribution in [0.1, 0.15) is 31.2 Å². The smallest absolute Gasteiger partial charge is 0.212 e. The fraction of sp³-hybridized carbons (Fsp3) is 0.538. The van der Waals surface area contributed by atoms with Crippen LogP contribution in [0.2, 0.25) is 0 Å². The lowest BCUT2D eigenvalue weighted by atomic mass is 9.90. The third kappa shape index (κ3) is 2.90. The van der Waals surface area contributed by atoms with Gasteiger partial charge in [-0.2, -0.15) is 0 Å². The Morgan fingerprint density at radius 1 is 1.33 bits per heavy atom. The van der Waals surface area contributed by atoms with Crippen molar-refractivity contribution in [3.63, 3.8) is 0 Å². The zero-order valence-electron chi connectivity index (χ0n) is 10.5. The van der Waals surface area contributed by atoms with E-state index in [1.165, 1.54) is 6.07 Å². The third-order valence-electron chi connectivity index (χ3n) is 3.53. The van der Waals surface area contributed by atoms with Crippen molar-refractivity contribution in [2.45, 2.75) is 25.7 Å². The lowest BCUT2D eigenvalue weighted by Gasteiger charge is -2.31. The highest BCUT2D eigenvalue weighted by atomic mass is 32.2. The van der Waals surface area contributed by atoms with E-state index in [0.29, 0.717) is 13.1 Å². The zero-order valence-corrected chi connectivity index (χ0v) is 11.3. The van der Waals surface area contributed by atoms with E-state index in [2.05, 4.69) is 0 Å². The van der Waals surface area contributed by atoms with Crippen LogP contribution in [0.4, 0.5) is 4.39 Å². The van der Waals surface area contributed by atoms with Crippen LogP contribution in [-0.4, -0.2) is 31.6 Å². The van der Waals surface area contributed by atoms with Crippen molar-refractivity contribution in [1.29, 1.82) is 0 Å². The van der Waals surface area contributed by atoms with Gasteiger partial charge >= 0.3 is 0 Å². The molecule has 0 N–H and O–H groups in total. The largest absolute Gasteiger partial charge is 0.213 e. The van der Waals surface area contributed by atoms with E-state index >= 15 is 0 Å². The first-order chi connectivity index (χ1) is 8.53. The zero-order chi connectivity index (χ0) is 13.2. The molecular formula is C13H18FNO2S. The van der Waals surface area contributed by atoms with Crippen molar-refractivity contribution in [1.82, 2.24) is 4.31 Å². The van der Waals surface area contributed by atoms with Gasteiger partial charge < -0.3 is 0 Å². The summed E-state index contributed by atoms with van der Waals surface area (Å²) in [5.74, 6) is 0.192. The van der Waals surface area contributed by atoms with Crippen molar-refractivity contribution >= 4 is 10.0 Å². The van der Waals surface area contributed by atoms with Crippen molar-refractivity contribution in [3.8, 4) is 0 Å². The van der Waals surface area contributed by atoms with Gasteiger partial charge in [-0.05, 0) is 43.4 Å². The number of nitrogens with zero attached hydrogens (tertiary/aromatic N) is 1. The van der Waals surface area contributed by atoms with Crippen LogP contribution in [0, 0.1) is 5.82 Å². The van der Waals surface area contributed by atoms with Gasteiger partial charge in [0, 0.05) is 13.1 Å². The molecule has 2 rings (SSSR count). The Hall–Kier alpha value is -0.940. The van der Waals surface area contributed by atoms with Gasteiger partial charge in [-0.1, -0.05) is 12.1 Å². The Morgan fingerprint density at radius 2 is 2.00 bits per heavy atom. The molecule has 0 bridgehead atoms. The molecule has 0 amide bonds. The number of benzene rings is 1. The maximum Gasteiger partial charge on any atom is 0.213 e. The first kappa shape index (κ1) is 13.5. The van der Waals surface area contributed by atoms with E-state index in [9.17, 15) is 12.8 Å². The minimum atomic E-state index is -3.08. The van der Waals surface area contributed by atoms with Crippen LogP contribution in [0.25, 0.3) is 0 Å². The fourth-order valence-electron chi connectivity index (χ4n) is 2.41. The Labute approximate surface area is 108 Å². The lowest BCUT2D eigenvalue weighted by molar-refractivity contribution is 0.319. The highest BCUT2D eigenvalue weighted by molar-refractivity contribution is 7.89. The molecule has 1 aromatic rings. The van der Waals surface area contributed by atoms with Gasteiger partial charge in [-0.15, -0.1) is 0 Å². The highest BCUT2D eigenvalue weighted by Crippen LogP contribution is 2.29. The molecule has 18 heavy (non-hydrogen) atoms. The minimum Gasteiger partial charge on any atom is -0.212 e. The molecule has 1 aromatic carbocycles. The molecule has 0 spiro atoms. The molecule has 0 unspecified atom stereocenters. The molecule has 0 aromatic heterocycles. The lowest BCUT2D eigenvalue weighted by Crippen LogP contribution is -2.38. The maximum absolute atomic E-state index is 13.1. The van der Waals surface area contributed by atoms with E-state index in [-0.39, 0.29) is 17.5 Å². The van der Waals surface area contributed by atoms with Gasteiger partial charge in [-0.3, -0.25) is 0 Å². The van der Waals surface area contributed by atoms with E-state index in [4.69, 9.17) is 0 Å². The summed E-state index contributed by atoms with van der Waals surface area (Å²) in [6.07, 6.45) is 1.53. The molecule has 1 saturated heterocycles. The Kier molecular flexibility index (Phi) is 4.02. The highest BCUT2D eigenvalue weighted by Gasteiger charge is 2.27. The Bertz CT molecular complexity index is 507. The minimum absolute atomic E-state index is 0.150. The van der Waals surface area contributed by atoms with Gasteiger partial charge in [0.15, 0.2) is 0 Å². The molecule has 0 atom stereocenters. The van der Waals surface area contributed by atoms with E-state index in [0.717, 1.165) is 18.4 Å². The number of halogens is 1. The number of hydrogen-bond acceptors (Lipinski definition) is 2. The summed E-state index contributed by atoms with van der Waals surface area (Å²) in [4.78, 5) is 0. The third-order valence-corrected chi connectivity index (χ3v) is 5.41. The molecule has 5 heteroatoms. The average Bonchev–Trinajstić information content (AvgIpc) is 2.39. The summed E-state index contributed by atoms with van der Waals surface area (Å²) in [5, 5.41) is 0. The second-order valence-electron chi connectivity index (χ2n) is 4.63. The molecule has 3 nitrogen and oxygen atoms in total. The fourth-order valence-corrected chi connectivity index (χ4v) is 3.54. The second-order valence-corrected chi connectivity index (χ2v) is 6.89. The van der Waals surface area contributed by atoms with Crippen molar-refractivity contribution in [2.24, 2.45) is 0 Å². The average molecular weight is 271 g/mol. The van der Waals surface area contributed by atoms with E-state index in [1.807, 2.05) is 6.07 Å². The monoisotopic (exact) mass is 271 g/mol. The van der Waals surface area contributed by atoms with Gasteiger partial charge in [0.25, 0.3) is 0 Å². The summed E-state index contributed by atoms with van der Waals surface area (Å²) < 4.78 is 38.1. The topological polar surface area (TPSA) is 37.4 Å². The predicted molar refractivity (Wildman–Crippen MR) is 69.4 cm³/mol. The van der Waals surface area contributed by atoms with Crippen LogP contribution in [0.5, 0.6) is 0 Å². The molecule has 100 valence electrons. The Balaban J connectivity index is 2.03. The maximum atomic E-state index is 13.1. The summed E-state index contributed by atoms with van der Waals surface area (Å²) >= 11 is 0. The first-order valence-corrected chi connectivity index (χ1v) is 7.87. The summed E-state index contributed by atoms with van der Waals surface area (Å²) in [6.45, 7) is 2.74. The second kappa shape index (κ2) is 5.36. The first-order valence-electron chi connectivity index (χ1n) is 6.26. The summed E-state index contributed by atoms with van der Waals surface area (Å²) in [6, 6.07) is 6.60. The van der Waals surface area contributed by atoms with Gasteiger partial charge in [0.05, 0.1) is 5.75 Å². The van der Waals surface area contributed by atoms with Crippen LogP contribution < -0.4 is 0 Å². The number of hydrogen-bond donors (Lipinski definition) is 0. The molecule has 1 fully saturated rings. The molecule has 1 aliphatic heterocycles. The van der Waals surface area contributed by atoms with Crippen LogP contribution in [0.15, 0.2) is 24.3 Å². The normalized spacial score (nSPS) is 19.0. The Morgan fingerprint density at radius 3 is 2.56 bits per heavy atom. The van der Waals surface area contributed by atoms with Gasteiger partial charge in [0.1, 0.15) is 5.82 Å².